The van der Waals surface area contributed by atoms with Crippen LogP contribution < -0.4 is 5.32 Å². The minimum Gasteiger partial charge on any atom is -0.309 e. The summed E-state index contributed by atoms with van der Waals surface area (Å²) in [7, 11) is 0. The number of non-ortho nitro benzene ring substituents is 1. The lowest BCUT2D eigenvalue weighted by Gasteiger charge is -2.05. The zero-order valence-electron chi connectivity index (χ0n) is 11.9. The van der Waals surface area contributed by atoms with Gasteiger partial charge in [0.2, 0.25) is 0 Å². The second-order valence-corrected chi connectivity index (χ2v) is 5.63. The Balaban J connectivity index is 1.62. The third-order valence-electron chi connectivity index (χ3n) is 4.23. The van der Waals surface area contributed by atoms with Crippen molar-refractivity contribution in [1.82, 2.24) is 5.32 Å². The van der Waals surface area contributed by atoms with E-state index in [-0.39, 0.29) is 10.6 Å². The molecular formula is C17H18N2O2. The van der Waals surface area contributed by atoms with E-state index >= 15 is 0 Å². The van der Waals surface area contributed by atoms with E-state index in [1.54, 1.807) is 12.1 Å². The van der Waals surface area contributed by atoms with Crippen LogP contribution in [0.15, 0.2) is 54.6 Å². The maximum Gasteiger partial charge on any atom is 0.269 e. The Morgan fingerprint density at radius 2 is 1.90 bits per heavy atom. The summed E-state index contributed by atoms with van der Waals surface area (Å²) in [6.45, 7) is 2.91. The molecule has 0 aromatic heterocycles. The summed E-state index contributed by atoms with van der Waals surface area (Å²) >= 11 is 0. The summed E-state index contributed by atoms with van der Waals surface area (Å²) in [5.74, 6) is 1.15. The Morgan fingerprint density at radius 1 is 1.14 bits per heavy atom. The molecule has 0 aliphatic heterocycles. The quantitative estimate of drug-likeness (QED) is 0.674. The maximum atomic E-state index is 10.8. The molecule has 0 spiro atoms. The number of hydrogen-bond donors (Lipinski definition) is 1. The lowest BCUT2D eigenvalue weighted by atomic mass is 10.1. The van der Waals surface area contributed by atoms with E-state index in [9.17, 15) is 10.1 Å². The summed E-state index contributed by atoms with van der Waals surface area (Å²) in [4.78, 5) is 10.4. The average Bonchev–Trinajstić information content (AvgIpc) is 3.16. The van der Waals surface area contributed by atoms with Crippen LogP contribution in [0, 0.1) is 16.0 Å². The van der Waals surface area contributed by atoms with E-state index in [0.29, 0.717) is 24.4 Å². The number of nitro benzene ring substituents is 1. The molecule has 3 atom stereocenters. The molecule has 0 amide bonds. The summed E-state index contributed by atoms with van der Waals surface area (Å²) in [6, 6.07) is 17.8. The summed E-state index contributed by atoms with van der Waals surface area (Å²) in [5, 5.41) is 14.3. The van der Waals surface area contributed by atoms with Crippen molar-refractivity contribution in [1.29, 1.82) is 0 Å². The predicted molar refractivity (Wildman–Crippen MR) is 82.1 cm³/mol. The van der Waals surface area contributed by atoms with E-state index in [1.165, 1.54) is 11.6 Å². The van der Waals surface area contributed by atoms with Gasteiger partial charge < -0.3 is 5.32 Å². The van der Waals surface area contributed by atoms with Gasteiger partial charge in [0.1, 0.15) is 0 Å². The lowest BCUT2D eigenvalue weighted by Crippen LogP contribution is -2.18. The van der Waals surface area contributed by atoms with Crippen molar-refractivity contribution in [3.63, 3.8) is 0 Å². The monoisotopic (exact) mass is 282 g/mol. The Bertz CT molecular complexity index is 642. The van der Waals surface area contributed by atoms with Gasteiger partial charge >= 0.3 is 0 Å². The zero-order valence-corrected chi connectivity index (χ0v) is 11.9. The van der Waals surface area contributed by atoms with Gasteiger partial charge in [-0.25, -0.2) is 0 Å². The number of benzene rings is 2. The highest BCUT2D eigenvalue weighted by molar-refractivity contribution is 5.35. The van der Waals surface area contributed by atoms with Gasteiger partial charge in [-0.3, -0.25) is 10.1 Å². The molecule has 108 valence electrons. The van der Waals surface area contributed by atoms with E-state index < -0.39 is 0 Å². The molecule has 3 rings (SSSR count). The molecule has 1 fully saturated rings. The molecule has 4 heteroatoms. The smallest absolute Gasteiger partial charge is 0.269 e. The second kappa shape index (κ2) is 5.66. The van der Waals surface area contributed by atoms with Gasteiger partial charge in [0.05, 0.1) is 4.92 Å². The first-order valence-electron chi connectivity index (χ1n) is 7.18. The number of nitrogens with zero attached hydrogens (tertiary/aromatic N) is 1. The van der Waals surface area contributed by atoms with Crippen molar-refractivity contribution in [3.8, 4) is 0 Å². The van der Waals surface area contributed by atoms with Gasteiger partial charge in [-0.1, -0.05) is 49.4 Å². The van der Waals surface area contributed by atoms with Crippen LogP contribution in [0.1, 0.15) is 24.0 Å². The SMILES string of the molecule is C[C@@H]1[C@H](NCc2cccc([N+](=O)[O-])c2)[C@H]1c1ccccc1. The molecule has 0 unspecified atom stereocenters. The van der Waals surface area contributed by atoms with Gasteiger partial charge in [0, 0.05) is 30.6 Å². The molecule has 0 heterocycles. The highest BCUT2D eigenvalue weighted by Crippen LogP contribution is 2.47. The number of rotatable bonds is 5. The fourth-order valence-corrected chi connectivity index (χ4v) is 2.98. The normalized spacial score (nSPS) is 23.8. The number of hydrogen-bond acceptors (Lipinski definition) is 3. The Morgan fingerprint density at radius 3 is 2.62 bits per heavy atom. The summed E-state index contributed by atoms with van der Waals surface area (Å²) in [6.07, 6.45) is 0. The Hall–Kier alpha value is -2.20. The fraction of sp³-hybridized carbons (Fsp3) is 0.294. The van der Waals surface area contributed by atoms with Crippen LogP contribution >= 0.6 is 0 Å². The first-order valence-corrected chi connectivity index (χ1v) is 7.18. The third-order valence-corrected chi connectivity index (χ3v) is 4.23. The van der Waals surface area contributed by atoms with Crippen molar-refractivity contribution >= 4 is 5.69 Å². The van der Waals surface area contributed by atoms with Crippen LogP contribution in [-0.2, 0) is 6.54 Å². The highest BCUT2D eigenvalue weighted by atomic mass is 16.6. The zero-order chi connectivity index (χ0) is 14.8. The molecule has 0 radical (unpaired) electrons. The van der Waals surface area contributed by atoms with Crippen LogP contribution in [0.25, 0.3) is 0 Å². The molecule has 1 aliphatic rings. The lowest BCUT2D eigenvalue weighted by molar-refractivity contribution is -0.384. The molecule has 1 aliphatic carbocycles. The molecule has 1 N–H and O–H groups in total. The largest absolute Gasteiger partial charge is 0.309 e. The van der Waals surface area contributed by atoms with Crippen molar-refractivity contribution in [2.45, 2.75) is 25.4 Å². The second-order valence-electron chi connectivity index (χ2n) is 5.63. The van der Waals surface area contributed by atoms with Gasteiger partial charge in [0.15, 0.2) is 0 Å². The Kier molecular flexibility index (Phi) is 3.71. The average molecular weight is 282 g/mol. The first kappa shape index (κ1) is 13.8. The highest BCUT2D eigenvalue weighted by Gasteiger charge is 2.46. The van der Waals surface area contributed by atoms with E-state index in [4.69, 9.17) is 0 Å². The van der Waals surface area contributed by atoms with E-state index in [0.717, 1.165) is 5.56 Å². The topological polar surface area (TPSA) is 55.2 Å². The standard InChI is InChI=1S/C17H18N2O2/c1-12-16(14-7-3-2-4-8-14)17(12)18-11-13-6-5-9-15(10-13)19(20)21/h2-10,12,16-18H,11H2,1H3/t12-,16+,17-/m0/s1. The van der Waals surface area contributed by atoms with Crippen LogP contribution in [0.2, 0.25) is 0 Å². The molecular weight excluding hydrogens is 264 g/mol. The van der Waals surface area contributed by atoms with Gasteiger partial charge in [0.25, 0.3) is 5.69 Å². The summed E-state index contributed by atoms with van der Waals surface area (Å²) < 4.78 is 0. The minimum absolute atomic E-state index is 0.151. The molecule has 4 nitrogen and oxygen atoms in total. The van der Waals surface area contributed by atoms with Crippen molar-refractivity contribution in [2.24, 2.45) is 5.92 Å². The van der Waals surface area contributed by atoms with Crippen LogP contribution in [-0.4, -0.2) is 11.0 Å². The van der Waals surface area contributed by atoms with Crippen LogP contribution in [0.5, 0.6) is 0 Å². The van der Waals surface area contributed by atoms with E-state index in [1.807, 2.05) is 12.1 Å². The molecule has 0 saturated heterocycles. The van der Waals surface area contributed by atoms with Crippen LogP contribution in [0.4, 0.5) is 5.69 Å². The molecule has 21 heavy (non-hydrogen) atoms. The molecule has 1 saturated carbocycles. The molecule has 2 aromatic rings. The number of nitrogens with one attached hydrogen (secondary N) is 1. The third kappa shape index (κ3) is 2.95. The van der Waals surface area contributed by atoms with Gasteiger partial charge in [-0.2, -0.15) is 0 Å². The van der Waals surface area contributed by atoms with Gasteiger partial charge in [-0.05, 0) is 17.0 Å². The Labute approximate surface area is 124 Å². The fourth-order valence-electron chi connectivity index (χ4n) is 2.98. The van der Waals surface area contributed by atoms with E-state index in [2.05, 4.69) is 36.5 Å². The minimum atomic E-state index is -0.351. The van der Waals surface area contributed by atoms with Crippen molar-refractivity contribution in [2.75, 3.05) is 0 Å². The van der Waals surface area contributed by atoms with Crippen molar-refractivity contribution in [3.05, 3.63) is 75.8 Å². The maximum absolute atomic E-state index is 10.8. The number of nitro groups is 1. The summed E-state index contributed by atoms with van der Waals surface area (Å²) in [5.41, 5.74) is 2.47. The first-order chi connectivity index (χ1) is 10.2. The molecule has 2 aromatic carbocycles. The van der Waals surface area contributed by atoms with Crippen molar-refractivity contribution < 1.29 is 4.92 Å². The van der Waals surface area contributed by atoms with Gasteiger partial charge in [-0.15, -0.1) is 0 Å². The predicted octanol–water partition coefficient (Wildman–Crippen LogP) is 3.49. The van der Waals surface area contributed by atoms with Crippen LogP contribution in [0.3, 0.4) is 0 Å². The molecule has 0 bridgehead atoms.